The topological polar surface area (TPSA) is 86.1 Å². The molecule has 1 N–H and O–H groups in total. The van der Waals surface area contributed by atoms with E-state index in [0.29, 0.717) is 11.7 Å². The van der Waals surface area contributed by atoms with Gasteiger partial charge in [-0.2, -0.15) is 0 Å². The Bertz CT molecular complexity index is 764. The van der Waals surface area contributed by atoms with Crippen LogP contribution in [-0.4, -0.2) is 45.5 Å². The Morgan fingerprint density at radius 1 is 1.22 bits per heavy atom. The third-order valence-corrected chi connectivity index (χ3v) is 5.35. The Hall–Kier alpha value is -2.35. The van der Waals surface area contributed by atoms with Crippen molar-refractivity contribution < 1.29 is 14.3 Å². The number of hydrogen-bond donors (Lipinski definition) is 1. The molecule has 0 bridgehead atoms. The molecule has 27 heavy (non-hydrogen) atoms. The fourth-order valence-electron chi connectivity index (χ4n) is 2.62. The Kier molecular flexibility index (Phi) is 7.84. The summed E-state index contributed by atoms with van der Waals surface area (Å²) in [5.74, 6) is 0.258. The summed E-state index contributed by atoms with van der Waals surface area (Å²) in [6.45, 7) is 6.58. The highest BCUT2D eigenvalue weighted by Gasteiger charge is 2.26. The second-order valence-electron chi connectivity index (χ2n) is 6.16. The number of carbonyl (C=O) groups is 2. The Labute approximate surface area is 163 Å². The zero-order valence-electron chi connectivity index (χ0n) is 16.1. The van der Waals surface area contributed by atoms with Crippen LogP contribution >= 0.6 is 11.8 Å². The monoisotopic (exact) mass is 390 g/mol. The summed E-state index contributed by atoms with van der Waals surface area (Å²) >= 11 is 1.30. The summed E-state index contributed by atoms with van der Waals surface area (Å²) in [7, 11) is 1.33. The minimum Gasteiger partial charge on any atom is -0.467 e. The number of thioether (sulfide) groups is 1. The molecule has 1 aromatic carbocycles. The van der Waals surface area contributed by atoms with Crippen molar-refractivity contribution in [1.82, 2.24) is 20.1 Å². The van der Waals surface area contributed by atoms with Gasteiger partial charge in [0.05, 0.1) is 12.9 Å². The van der Waals surface area contributed by atoms with Crippen LogP contribution in [0, 0.1) is 5.92 Å². The first kappa shape index (κ1) is 21.0. The average Bonchev–Trinajstić information content (AvgIpc) is 3.12. The van der Waals surface area contributed by atoms with Crippen molar-refractivity contribution in [3.05, 3.63) is 30.3 Å². The molecule has 0 unspecified atom stereocenters. The van der Waals surface area contributed by atoms with Crippen molar-refractivity contribution in [1.29, 1.82) is 0 Å². The fourth-order valence-corrected chi connectivity index (χ4v) is 3.44. The van der Waals surface area contributed by atoms with E-state index in [-0.39, 0.29) is 17.6 Å². The third kappa shape index (κ3) is 5.32. The number of nitrogens with one attached hydrogen (secondary N) is 1. The van der Waals surface area contributed by atoms with Crippen LogP contribution in [0.2, 0.25) is 0 Å². The molecule has 146 valence electrons. The molecule has 0 saturated heterocycles. The van der Waals surface area contributed by atoms with Gasteiger partial charge in [-0.05, 0) is 12.8 Å². The first-order valence-electron chi connectivity index (χ1n) is 9.00. The summed E-state index contributed by atoms with van der Waals surface area (Å²) in [5, 5.41) is 11.9. The number of carbonyl (C=O) groups excluding carboxylic acids is 2. The molecule has 8 heteroatoms. The number of amides is 1. The van der Waals surface area contributed by atoms with Gasteiger partial charge in [0.1, 0.15) is 6.04 Å². The van der Waals surface area contributed by atoms with Crippen molar-refractivity contribution in [3.8, 4) is 11.4 Å². The first-order chi connectivity index (χ1) is 13.0. The van der Waals surface area contributed by atoms with Crippen molar-refractivity contribution >= 4 is 23.6 Å². The zero-order valence-corrected chi connectivity index (χ0v) is 17.0. The summed E-state index contributed by atoms with van der Waals surface area (Å²) < 4.78 is 6.77. The SMILES string of the molecule is CC[C@@H](C)[C@@H](NC(=O)CSc1nnc(-c2ccccc2)n1CC)C(=O)OC. The molecule has 0 fully saturated rings. The third-order valence-electron chi connectivity index (χ3n) is 4.38. The average molecular weight is 391 g/mol. The molecule has 1 aromatic heterocycles. The van der Waals surface area contributed by atoms with E-state index >= 15 is 0 Å². The summed E-state index contributed by atoms with van der Waals surface area (Å²) in [5.41, 5.74) is 0.977. The molecule has 0 spiro atoms. The van der Waals surface area contributed by atoms with Gasteiger partial charge < -0.3 is 14.6 Å². The first-order valence-corrected chi connectivity index (χ1v) is 9.98. The Morgan fingerprint density at radius 3 is 2.52 bits per heavy atom. The van der Waals surface area contributed by atoms with E-state index < -0.39 is 12.0 Å². The lowest BCUT2D eigenvalue weighted by molar-refractivity contribution is -0.146. The minimum atomic E-state index is -0.642. The second kappa shape index (κ2) is 10.1. The Balaban J connectivity index is 2.05. The van der Waals surface area contributed by atoms with Gasteiger partial charge in [0.2, 0.25) is 5.91 Å². The molecule has 0 aliphatic heterocycles. The highest BCUT2D eigenvalue weighted by Crippen LogP contribution is 2.23. The lowest BCUT2D eigenvalue weighted by Crippen LogP contribution is -2.46. The molecule has 2 aromatic rings. The van der Waals surface area contributed by atoms with Gasteiger partial charge in [-0.3, -0.25) is 4.79 Å². The molecule has 0 radical (unpaired) electrons. The summed E-state index contributed by atoms with van der Waals surface area (Å²) in [6, 6.07) is 9.16. The van der Waals surface area contributed by atoms with Crippen LogP contribution in [0.5, 0.6) is 0 Å². The smallest absolute Gasteiger partial charge is 0.328 e. The second-order valence-corrected chi connectivity index (χ2v) is 7.10. The van der Waals surface area contributed by atoms with Crippen LogP contribution in [0.25, 0.3) is 11.4 Å². The fraction of sp³-hybridized carbons (Fsp3) is 0.474. The Morgan fingerprint density at radius 2 is 1.93 bits per heavy atom. The zero-order chi connectivity index (χ0) is 19.8. The van der Waals surface area contributed by atoms with Gasteiger partial charge >= 0.3 is 5.97 Å². The largest absolute Gasteiger partial charge is 0.467 e. The quantitative estimate of drug-likeness (QED) is 0.523. The number of rotatable bonds is 9. The highest BCUT2D eigenvalue weighted by molar-refractivity contribution is 7.99. The molecule has 1 heterocycles. The van der Waals surface area contributed by atoms with Gasteiger partial charge in [-0.1, -0.05) is 62.4 Å². The predicted octanol–water partition coefficient (Wildman–Crippen LogP) is 2.76. The number of esters is 1. The maximum absolute atomic E-state index is 12.3. The number of ether oxygens (including phenoxy) is 1. The van der Waals surface area contributed by atoms with Gasteiger partial charge in [0.25, 0.3) is 0 Å². The number of nitrogens with zero attached hydrogens (tertiary/aromatic N) is 3. The standard InChI is InChI=1S/C19H26N4O3S/c1-5-13(3)16(18(25)26-4)20-15(24)12-27-19-22-21-17(23(19)6-2)14-10-8-7-9-11-14/h7-11,13,16H,5-6,12H2,1-4H3,(H,20,24)/t13-,16-/m1/s1. The van der Waals surface area contributed by atoms with Gasteiger partial charge in [0, 0.05) is 12.1 Å². The van der Waals surface area contributed by atoms with E-state index in [1.807, 2.05) is 55.7 Å². The molecule has 0 aliphatic carbocycles. The van der Waals surface area contributed by atoms with E-state index in [1.165, 1.54) is 18.9 Å². The lowest BCUT2D eigenvalue weighted by atomic mass is 9.99. The van der Waals surface area contributed by atoms with Crippen molar-refractivity contribution in [2.24, 2.45) is 5.92 Å². The van der Waals surface area contributed by atoms with Crippen molar-refractivity contribution in [2.45, 2.75) is 44.9 Å². The van der Waals surface area contributed by atoms with Crippen molar-refractivity contribution in [2.75, 3.05) is 12.9 Å². The lowest BCUT2D eigenvalue weighted by Gasteiger charge is -2.21. The number of aromatic nitrogens is 3. The molecule has 0 saturated carbocycles. The van der Waals surface area contributed by atoms with Crippen LogP contribution in [-0.2, 0) is 20.9 Å². The minimum absolute atomic E-state index is 0.00428. The van der Waals surface area contributed by atoms with Crippen molar-refractivity contribution in [3.63, 3.8) is 0 Å². The molecule has 7 nitrogen and oxygen atoms in total. The highest BCUT2D eigenvalue weighted by atomic mass is 32.2. The molecule has 1 amide bonds. The number of benzene rings is 1. The predicted molar refractivity (Wildman–Crippen MR) is 105 cm³/mol. The maximum Gasteiger partial charge on any atom is 0.328 e. The maximum atomic E-state index is 12.3. The molecular formula is C19H26N4O3S. The molecular weight excluding hydrogens is 364 g/mol. The van der Waals surface area contributed by atoms with E-state index in [9.17, 15) is 9.59 Å². The number of hydrogen-bond acceptors (Lipinski definition) is 6. The summed E-state index contributed by atoms with van der Waals surface area (Å²) in [4.78, 5) is 24.3. The van der Waals surface area contributed by atoms with Gasteiger partial charge in [-0.25, -0.2) is 4.79 Å². The van der Waals surface area contributed by atoms with E-state index in [4.69, 9.17) is 4.74 Å². The van der Waals surface area contributed by atoms with E-state index in [2.05, 4.69) is 15.5 Å². The van der Waals surface area contributed by atoms with Gasteiger partial charge in [0.15, 0.2) is 11.0 Å². The normalized spacial score (nSPS) is 13.0. The van der Waals surface area contributed by atoms with Gasteiger partial charge in [-0.15, -0.1) is 10.2 Å². The van der Waals surface area contributed by atoms with E-state index in [1.54, 1.807) is 0 Å². The summed E-state index contributed by atoms with van der Waals surface area (Å²) in [6.07, 6.45) is 0.762. The van der Waals surface area contributed by atoms with E-state index in [0.717, 1.165) is 17.8 Å². The molecule has 0 aliphatic rings. The number of methoxy groups -OCH3 is 1. The van der Waals surface area contributed by atoms with Crippen LogP contribution in [0.1, 0.15) is 27.2 Å². The van der Waals surface area contributed by atoms with Crippen LogP contribution < -0.4 is 5.32 Å². The van der Waals surface area contributed by atoms with Crippen LogP contribution in [0.15, 0.2) is 35.5 Å². The molecule has 2 rings (SSSR count). The molecule has 2 atom stereocenters. The van der Waals surface area contributed by atoms with Crippen LogP contribution in [0.3, 0.4) is 0 Å². The van der Waals surface area contributed by atoms with Crippen LogP contribution in [0.4, 0.5) is 0 Å².